The number of hydrogen-bond acceptors (Lipinski definition) is 5. The molecule has 6 heteroatoms. The van der Waals surface area contributed by atoms with E-state index < -0.39 is 0 Å². The van der Waals surface area contributed by atoms with Gasteiger partial charge >= 0.3 is 0 Å². The number of nitriles is 2. The van der Waals surface area contributed by atoms with Crippen molar-refractivity contribution in [1.82, 2.24) is 9.38 Å². The Bertz CT molecular complexity index is 981. The van der Waals surface area contributed by atoms with Gasteiger partial charge in [-0.1, -0.05) is 37.3 Å². The van der Waals surface area contributed by atoms with E-state index in [2.05, 4.69) is 35.5 Å². The molecule has 0 amide bonds. The molecule has 0 aliphatic heterocycles. The van der Waals surface area contributed by atoms with Gasteiger partial charge in [0.15, 0.2) is 0 Å². The second-order valence-corrected chi connectivity index (χ2v) is 7.71. The molecular formula is C20H18N4S2. The number of thioether (sulfide) groups is 2. The van der Waals surface area contributed by atoms with Crippen LogP contribution < -0.4 is 0 Å². The Morgan fingerprint density at radius 2 is 1.92 bits per heavy atom. The fourth-order valence-electron chi connectivity index (χ4n) is 3.04. The quantitative estimate of drug-likeness (QED) is 0.433. The van der Waals surface area contributed by atoms with Gasteiger partial charge in [-0.15, -0.1) is 11.8 Å². The molecular weight excluding hydrogens is 360 g/mol. The summed E-state index contributed by atoms with van der Waals surface area (Å²) in [5.74, 6) is 0.890. The fourth-order valence-corrected chi connectivity index (χ4v) is 4.81. The second kappa shape index (κ2) is 8.80. The first-order valence-electron chi connectivity index (χ1n) is 8.40. The fraction of sp³-hybridized carbons (Fsp3) is 0.250. The Kier molecular flexibility index (Phi) is 6.22. The van der Waals surface area contributed by atoms with E-state index in [1.165, 1.54) is 17.3 Å². The molecule has 0 spiro atoms. The van der Waals surface area contributed by atoms with Crippen LogP contribution in [0.25, 0.3) is 5.52 Å². The highest BCUT2D eigenvalue weighted by Crippen LogP contribution is 2.40. The summed E-state index contributed by atoms with van der Waals surface area (Å²) in [4.78, 5) is 6.57. The van der Waals surface area contributed by atoms with E-state index in [1.807, 2.05) is 28.8 Å². The lowest BCUT2D eigenvalue weighted by molar-refractivity contribution is 0.896. The van der Waals surface area contributed by atoms with Crippen molar-refractivity contribution in [1.29, 1.82) is 10.5 Å². The molecule has 4 nitrogen and oxygen atoms in total. The van der Waals surface area contributed by atoms with Crippen LogP contribution in [-0.2, 0) is 19.3 Å². The normalized spacial score (nSPS) is 10.6. The minimum atomic E-state index is 0.317. The zero-order valence-corrected chi connectivity index (χ0v) is 16.1. The van der Waals surface area contributed by atoms with Crippen LogP contribution in [0.1, 0.15) is 23.9 Å². The van der Waals surface area contributed by atoms with Crippen molar-refractivity contribution in [3.05, 3.63) is 59.7 Å². The summed E-state index contributed by atoms with van der Waals surface area (Å²) in [6, 6.07) is 12.6. The zero-order valence-electron chi connectivity index (χ0n) is 14.5. The molecule has 26 heavy (non-hydrogen) atoms. The highest BCUT2D eigenvalue weighted by atomic mass is 32.2. The summed E-state index contributed by atoms with van der Waals surface area (Å²) < 4.78 is 2.05. The predicted octanol–water partition coefficient (Wildman–Crippen LogP) is 4.87. The maximum atomic E-state index is 9.32. The van der Waals surface area contributed by atoms with Crippen LogP contribution in [-0.4, -0.2) is 15.1 Å². The monoisotopic (exact) mass is 378 g/mol. The van der Waals surface area contributed by atoms with Crippen molar-refractivity contribution >= 4 is 29.0 Å². The summed E-state index contributed by atoms with van der Waals surface area (Å²) in [5.41, 5.74) is 4.15. The molecule has 3 aromatic rings. The number of fused-ring (bicyclic) bond motifs is 1. The molecule has 0 bridgehead atoms. The lowest BCUT2D eigenvalue weighted by Crippen LogP contribution is -2.00. The van der Waals surface area contributed by atoms with E-state index in [-0.39, 0.29) is 0 Å². The Hall–Kier alpha value is -2.41. The number of aryl methyl sites for hydroxylation is 2. The van der Waals surface area contributed by atoms with Gasteiger partial charge in [0, 0.05) is 17.3 Å². The SMILES string of the molecule is CCSc1c(SC#N)c2c(CCc3ccccc3)nccn2c1CC#N. The van der Waals surface area contributed by atoms with Crippen LogP contribution in [0, 0.1) is 22.0 Å². The third kappa shape index (κ3) is 3.72. The zero-order chi connectivity index (χ0) is 18.4. The molecule has 0 radical (unpaired) electrons. The molecule has 0 saturated carbocycles. The van der Waals surface area contributed by atoms with Gasteiger partial charge in [0.1, 0.15) is 5.40 Å². The highest BCUT2D eigenvalue weighted by molar-refractivity contribution is 8.05. The number of rotatable bonds is 7. The third-order valence-corrected chi connectivity index (χ3v) is 5.95. The Balaban J connectivity index is 2.10. The topological polar surface area (TPSA) is 64.9 Å². The molecule has 3 rings (SSSR count). The molecule has 130 valence electrons. The van der Waals surface area contributed by atoms with Gasteiger partial charge in [0.2, 0.25) is 0 Å². The van der Waals surface area contributed by atoms with Crippen molar-refractivity contribution in [2.24, 2.45) is 0 Å². The average Bonchev–Trinajstić information content (AvgIpc) is 2.96. The highest BCUT2D eigenvalue weighted by Gasteiger charge is 2.21. The van der Waals surface area contributed by atoms with Crippen LogP contribution in [0.3, 0.4) is 0 Å². The smallest absolute Gasteiger partial charge is 0.138 e. The maximum absolute atomic E-state index is 9.32. The van der Waals surface area contributed by atoms with E-state index in [4.69, 9.17) is 0 Å². The van der Waals surface area contributed by atoms with Gasteiger partial charge in [-0.25, -0.2) is 0 Å². The number of nitrogens with zero attached hydrogens (tertiary/aromatic N) is 4. The van der Waals surface area contributed by atoms with Crippen LogP contribution >= 0.6 is 23.5 Å². The van der Waals surface area contributed by atoms with Gasteiger partial charge < -0.3 is 4.40 Å². The van der Waals surface area contributed by atoms with E-state index in [9.17, 15) is 10.5 Å². The van der Waals surface area contributed by atoms with Crippen molar-refractivity contribution in [3.63, 3.8) is 0 Å². The summed E-state index contributed by atoms with van der Waals surface area (Å²) >= 11 is 2.85. The molecule has 2 aromatic heterocycles. The lowest BCUT2D eigenvalue weighted by atomic mass is 10.1. The molecule has 0 unspecified atom stereocenters. The van der Waals surface area contributed by atoms with Crippen molar-refractivity contribution in [3.8, 4) is 11.5 Å². The number of thiocyanates is 1. The minimum absolute atomic E-state index is 0.317. The molecule has 0 N–H and O–H groups in total. The molecule has 2 heterocycles. The first-order chi connectivity index (χ1) is 12.8. The molecule has 0 aliphatic rings. The van der Waals surface area contributed by atoms with Crippen LogP contribution in [0.2, 0.25) is 0 Å². The molecule has 1 aromatic carbocycles. The van der Waals surface area contributed by atoms with Crippen LogP contribution in [0.5, 0.6) is 0 Å². The van der Waals surface area contributed by atoms with E-state index in [0.29, 0.717) is 6.42 Å². The van der Waals surface area contributed by atoms with Crippen molar-refractivity contribution in [2.75, 3.05) is 5.75 Å². The Morgan fingerprint density at radius 1 is 1.12 bits per heavy atom. The number of aromatic nitrogens is 2. The number of hydrogen-bond donors (Lipinski definition) is 0. The van der Waals surface area contributed by atoms with Crippen molar-refractivity contribution in [2.45, 2.75) is 36.0 Å². The molecule has 0 aliphatic carbocycles. The Morgan fingerprint density at radius 3 is 2.62 bits per heavy atom. The summed E-state index contributed by atoms with van der Waals surface area (Å²) in [5, 5.41) is 20.8. The summed E-state index contributed by atoms with van der Waals surface area (Å²) in [7, 11) is 0. The molecule has 0 saturated heterocycles. The predicted molar refractivity (Wildman–Crippen MR) is 106 cm³/mol. The minimum Gasteiger partial charge on any atom is -0.314 e. The molecule has 0 atom stereocenters. The van der Waals surface area contributed by atoms with Gasteiger partial charge in [0.25, 0.3) is 0 Å². The van der Waals surface area contributed by atoms with Gasteiger partial charge in [-0.05, 0) is 35.9 Å². The maximum Gasteiger partial charge on any atom is 0.138 e. The van der Waals surface area contributed by atoms with Crippen LogP contribution in [0.15, 0.2) is 52.5 Å². The molecule has 0 fully saturated rings. The van der Waals surface area contributed by atoms with Gasteiger partial charge in [0.05, 0.1) is 34.3 Å². The Labute approximate surface area is 161 Å². The van der Waals surface area contributed by atoms with E-state index >= 15 is 0 Å². The number of benzene rings is 1. The van der Waals surface area contributed by atoms with E-state index in [0.717, 1.165) is 45.3 Å². The lowest BCUT2D eigenvalue weighted by Gasteiger charge is -2.06. The van der Waals surface area contributed by atoms with Crippen LogP contribution in [0.4, 0.5) is 0 Å². The first-order valence-corrected chi connectivity index (χ1v) is 10.2. The standard InChI is InChI=1S/C20H18N4S2/c1-2-25-19-17(10-11-21)24-13-12-23-16(18(24)20(19)26-14-22)9-8-15-6-4-3-5-7-15/h3-7,12-13H,2,8-10H2,1H3. The van der Waals surface area contributed by atoms with Crippen molar-refractivity contribution < 1.29 is 0 Å². The summed E-state index contributed by atoms with van der Waals surface area (Å²) in [6.07, 6.45) is 5.68. The summed E-state index contributed by atoms with van der Waals surface area (Å²) in [6.45, 7) is 2.08. The van der Waals surface area contributed by atoms with E-state index in [1.54, 1.807) is 18.0 Å². The first kappa shape index (κ1) is 18.4. The third-order valence-electron chi connectivity index (χ3n) is 4.11. The average molecular weight is 379 g/mol. The van der Waals surface area contributed by atoms with Gasteiger partial charge in [-0.2, -0.15) is 10.5 Å². The second-order valence-electron chi connectivity index (χ2n) is 5.64. The largest absolute Gasteiger partial charge is 0.314 e. The van der Waals surface area contributed by atoms with Gasteiger partial charge in [-0.3, -0.25) is 4.98 Å².